The van der Waals surface area contributed by atoms with E-state index in [4.69, 9.17) is 0 Å². The summed E-state index contributed by atoms with van der Waals surface area (Å²) in [6.45, 7) is 12.1. The Labute approximate surface area is 177 Å². The van der Waals surface area contributed by atoms with Gasteiger partial charge in [-0.1, -0.05) is 6.07 Å². The van der Waals surface area contributed by atoms with E-state index in [0.717, 1.165) is 0 Å². The summed E-state index contributed by atoms with van der Waals surface area (Å²) < 4.78 is 0. The smallest absolute Gasteiger partial charge is 0.317 e. The standard InChI is InChI=1S/C21H34N4O3S/c1-6-24(7-2)19(27)17(22-18(26)16-9-8-14-29-16)15-10-12-25(13-11-15)20(28)23-21(3,4)5/h8-9,14-15,17H,6-7,10-13H2,1-5H3,(H,22,26)(H,23,28)/t17-/m1/s1. The van der Waals surface area contributed by atoms with Crippen molar-refractivity contribution in [3.05, 3.63) is 22.4 Å². The fourth-order valence-electron chi connectivity index (χ4n) is 3.57. The van der Waals surface area contributed by atoms with Crippen LogP contribution in [0, 0.1) is 5.92 Å². The van der Waals surface area contributed by atoms with Gasteiger partial charge in [0.05, 0.1) is 4.88 Å². The molecule has 29 heavy (non-hydrogen) atoms. The average molecular weight is 423 g/mol. The van der Waals surface area contributed by atoms with Gasteiger partial charge in [-0.05, 0) is 64.8 Å². The topological polar surface area (TPSA) is 81.8 Å². The number of rotatable bonds is 6. The molecule has 1 aromatic rings. The van der Waals surface area contributed by atoms with Gasteiger partial charge in [0, 0.05) is 31.7 Å². The Hall–Kier alpha value is -2.09. The lowest BCUT2D eigenvalue weighted by Crippen LogP contribution is -2.56. The Morgan fingerprint density at radius 1 is 1.21 bits per heavy atom. The zero-order valence-electron chi connectivity index (χ0n) is 18.2. The summed E-state index contributed by atoms with van der Waals surface area (Å²) in [4.78, 5) is 42.4. The van der Waals surface area contributed by atoms with E-state index in [9.17, 15) is 14.4 Å². The molecule has 0 spiro atoms. The van der Waals surface area contributed by atoms with Crippen LogP contribution in [0.2, 0.25) is 0 Å². The number of likely N-dealkylation sites (tertiary alicyclic amines) is 1. The first-order chi connectivity index (χ1) is 13.7. The number of carbonyl (C=O) groups excluding carboxylic acids is 3. The number of likely N-dealkylation sites (N-methyl/N-ethyl adjacent to an activating group) is 1. The monoisotopic (exact) mass is 422 g/mol. The van der Waals surface area contributed by atoms with Crippen LogP contribution in [0.4, 0.5) is 4.79 Å². The Morgan fingerprint density at radius 2 is 1.83 bits per heavy atom. The molecule has 162 valence electrons. The maximum absolute atomic E-state index is 13.1. The molecule has 1 aromatic heterocycles. The minimum Gasteiger partial charge on any atom is -0.341 e. The molecule has 1 saturated heterocycles. The van der Waals surface area contributed by atoms with Crippen LogP contribution in [0.1, 0.15) is 57.1 Å². The van der Waals surface area contributed by atoms with Crippen LogP contribution in [0.25, 0.3) is 0 Å². The highest BCUT2D eigenvalue weighted by molar-refractivity contribution is 7.12. The molecule has 8 heteroatoms. The van der Waals surface area contributed by atoms with Crippen LogP contribution < -0.4 is 10.6 Å². The lowest BCUT2D eigenvalue weighted by atomic mass is 9.88. The summed E-state index contributed by atoms with van der Waals surface area (Å²) in [5.41, 5.74) is -0.288. The summed E-state index contributed by atoms with van der Waals surface area (Å²) in [6, 6.07) is 2.94. The van der Waals surface area contributed by atoms with E-state index < -0.39 is 6.04 Å². The Balaban J connectivity index is 2.08. The molecule has 0 aliphatic carbocycles. The Kier molecular flexibility index (Phi) is 8.07. The number of nitrogens with zero attached hydrogens (tertiary/aromatic N) is 2. The molecule has 1 aliphatic heterocycles. The first-order valence-electron chi connectivity index (χ1n) is 10.4. The van der Waals surface area contributed by atoms with E-state index in [1.807, 2.05) is 46.1 Å². The van der Waals surface area contributed by atoms with Gasteiger partial charge >= 0.3 is 6.03 Å². The van der Waals surface area contributed by atoms with Gasteiger partial charge in [-0.15, -0.1) is 11.3 Å². The van der Waals surface area contributed by atoms with Gasteiger partial charge in [0.1, 0.15) is 6.04 Å². The molecule has 4 amide bonds. The highest BCUT2D eigenvalue weighted by atomic mass is 32.1. The van der Waals surface area contributed by atoms with E-state index in [2.05, 4.69) is 10.6 Å². The zero-order chi connectivity index (χ0) is 21.6. The summed E-state index contributed by atoms with van der Waals surface area (Å²) >= 11 is 1.36. The lowest BCUT2D eigenvalue weighted by Gasteiger charge is -2.38. The molecule has 1 fully saturated rings. The van der Waals surface area contributed by atoms with E-state index in [1.165, 1.54) is 11.3 Å². The van der Waals surface area contributed by atoms with Crippen LogP contribution in [0.3, 0.4) is 0 Å². The first-order valence-corrected chi connectivity index (χ1v) is 11.2. The molecule has 2 N–H and O–H groups in total. The van der Waals surface area contributed by atoms with Gasteiger partial charge < -0.3 is 20.4 Å². The van der Waals surface area contributed by atoms with Gasteiger partial charge in [0.15, 0.2) is 0 Å². The molecule has 2 rings (SSSR count). The van der Waals surface area contributed by atoms with Crippen LogP contribution in [-0.2, 0) is 4.79 Å². The molecule has 1 atom stereocenters. The van der Waals surface area contributed by atoms with Gasteiger partial charge in [-0.25, -0.2) is 4.79 Å². The zero-order valence-corrected chi connectivity index (χ0v) is 19.0. The van der Waals surface area contributed by atoms with Crippen molar-refractivity contribution in [1.29, 1.82) is 0 Å². The third-order valence-electron chi connectivity index (χ3n) is 5.15. The predicted molar refractivity (Wildman–Crippen MR) is 116 cm³/mol. The third kappa shape index (κ3) is 6.45. The van der Waals surface area contributed by atoms with Gasteiger partial charge in [-0.3, -0.25) is 9.59 Å². The highest BCUT2D eigenvalue weighted by Crippen LogP contribution is 2.23. The molecule has 0 aromatic carbocycles. The van der Waals surface area contributed by atoms with Crippen LogP contribution in [0.15, 0.2) is 17.5 Å². The maximum atomic E-state index is 13.1. The predicted octanol–water partition coefficient (Wildman–Crippen LogP) is 2.94. The molecule has 1 aliphatic rings. The van der Waals surface area contributed by atoms with E-state index >= 15 is 0 Å². The SMILES string of the molecule is CCN(CC)C(=O)[C@H](NC(=O)c1cccs1)C1CCN(C(=O)NC(C)(C)C)CC1. The van der Waals surface area contributed by atoms with Crippen molar-refractivity contribution in [1.82, 2.24) is 20.4 Å². The largest absolute Gasteiger partial charge is 0.341 e. The second-order valence-corrected chi connectivity index (χ2v) is 9.39. The number of amides is 4. The number of hydrogen-bond acceptors (Lipinski definition) is 4. The van der Waals surface area contributed by atoms with Crippen molar-refractivity contribution in [2.75, 3.05) is 26.2 Å². The number of thiophene rings is 1. The fourth-order valence-corrected chi connectivity index (χ4v) is 4.20. The molecule has 7 nitrogen and oxygen atoms in total. The Morgan fingerprint density at radius 3 is 2.31 bits per heavy atom. The van der Waals surface area contributed by atoms with Crippen molar-refractivity contribution >= 4 is 29.2 Å². The van der Waals surface area contributed by atoms with Crippen molar-refractivity contribution in [3.8, 4) is 0 Å². The average Bonchev–Trinajstić information content (AvgIpc) is 3.20. The van der Waals surface area contributed by atoms with E-state index in [-0.39, 0.29) is 29.3 Å². The number of nitrogens with one attached hydrogen (secondary N) is 2. The van der Waals surface area contributed by atoms with Crippen molar-refractivity contribution < 1.29 is 14.4 Å². The molecular weight excluding hydrogens is 388 g/mol. The van der Waals surface area contributed by atoms with Gasteiger partial charge in [0.25, 0.3) is 5.91 Å². The molecule has 2 heterocycles. The number of urea groups is 1. The second kappa shape index (κ2) is 10.1. The van der Waals surface area contributed by atoms with E-state index in [0.29, 0.717) is 43.9 Å². The maximum Gasteiger partial charge on any atom is 0.317 e. The first kappa shape index (κ1) is 23.2. The van der Waals surface area contributed by atoms with Crippen molar-refractivity contribution in [3.63, 3.8) is 0 Å². The highest BCUT2D eigenvalue weighted by Gasteiger charge is 2.36. The molecule has 0 bridgehead atoms. The lowest BCUT2D eigenvalue weighted by molar-refractivity contribution is -0.134. The number of carbonyl (C=O) groups is 3. The van der Waals surface area contributed by atoms with E-state index in [1.54, 1.807) is 15.9 Å². The van der Waals surface area contributed by atoms with Gasteiger partial charge in [0.2, 0.25) is 5.91 Å². The Bertz CT molecular complexity index is 687. The number of piperidine rings is 1. The molecule has 0 radical (unpaired) electrons. The number of hydrogen-bond donors (Lipinski definition) is 2. The summed E-state index contributed by atoms with van der Waals surface area (Å²) in [5.74, 6) is -0.249. The summed E-state index contributed by atoms with van der Waals surface area (Å²) in [7, 11) is 0. The summed E-state index contributed by atoms with van der Waals surface area (Å²) in [6.07, 6.45) is 1.36. The molecular formula is C21H34N4O3S. The van der Waals surface area contributed by atoms with Crippen LogP contribution in [-0.4, -0.2) is 65.4 Å². The summed E-state index contributed by atoms with van der Waals surface area (Å²) in [5, 5.41) is 7.82. The molecule has 0 saturated carbocycles. The molecule has 0 unspecified atom stereocenters. The normalized spacial score (nSPS) is 16.2. The minimum atomic E-state index is -0.572. The second-order valence-electron chi connectivity index (χ2n) is 8.44. The fraction of sp³-hybridized carbons (Fsp3) is 0.667. The quantitative estimate of drug-likeness (QED) is 0.740. The van der Waals surface area contributed by atoms with Crippen LogP contribution >= 0.6 is 11.3 Å². The van der Waals surface area contributed by atoms with Crippen molar-refractivity contribution in [2.24, 2.45) is 5.92 Å². The van der Waals surface area contributed by atoms with Crippen LogP contribution in [0.5, 0.6) is 0 Å². The third-order valence-corrected chi connectivity index (χ3v) is 6.02. The van der Waals surface area contributed by atoms with Gasteiger partial charge in [-0.2, -0.15) is 0 Å². The minimum absolute atomic E-state index is 0.00528. The van der Waals surface area contributed by atoms with Crippen molar-refractivity contribution in [2.45, 2.75) is 59.0 Å².